The van der Waals surface area contributed by atoms with Crippen molar-refractivity contribution in [2.75, 3.05) is 20.1 Å². The van der Waals surface area contributed by atoms with Gasteiger partial charge in [-0.05, 0) is 18.7 Å². The van der Waals surface area contributed by atoms with Crippen LogP contribution < -0.4 is 5.32 Å². The number of benzene rings is 1. The molecular formula is C12H16ClF3N2. The molecule has 0 radical (unpaired) electrons. The molecule has 0 spiro atoms. The number of nitrogens with one attached hydrogen (secondary N) is 1. The second kappa shape index (κ2) is 5.91. The van der Waals surface area contributed by atoms with Crippen molar-refractivity contribution < 1.29 is 13.2 Å². The molecule has 2 nitrogen and oxygen atoms in total. The second-order valence-corrected chi connectivity index (χ2v) is 4.38. The Bertz CT molecular complexity index is 391. The summed E-state index contributed by atoms with van der Waals surface area (Å²) in [6.45, 7) is 2.04. The standard InChI is InChI=1S/C12H15F3N2.ClH/c1-17(10-6-16-7-10)8-9-4-2-3-5-11(9)12(13,14)15;/h2-5,10,16H,6-8H2,1H3;1H. The van der Waals surface area contributed by atoms with Gasteiger partial charge < -0.3 is 5.32 Å². The summed E-state index contributed by atoms with van der Waals surface area (Å²) in [4.78, 5) is 1.96. The molecule has 0 unspecified atom stereocenters. The van der Waals surface area contributed by atoms with Gasteiger partial charge in [0.25, 0.3) is 0 Å². The zero-order valence-corrected chi connectivity index (χ0v) is 10.8. The van der Waals surface area contributed by atoms with E-state index in [2.05, 4.69) is 5.32 Å². The molecule has 0 bridgehead atoms. The van der Waals surface area contributed by atoms with Gasteiger partial charge in [-0.1, -0.05) is 18.2 Å². The number of nitrogens with zero attached hydrogens (tertiary/aromatic N) is 1. The van der Waals surface area contributed by atoms with Gasteiger partial charge in [0, 0.05) is 25.7 Å². The highest BCUT2D eigenvalue weighted by molar-refractivity contribution is 5.85. The lowest BCUT2D eigenvalue weighted by molar-refractivity contribution is -0.138. The Morgan fingerprint density at radius 2 is 1.89 bits per heavy atom. The summed E-state index contributed by atoms with van der Waals surface area (Å²) >= 11 is 0. The predicted octanol–water partition coefficient (Wildman–Crippen LogP) is 2.53. The lowest BCUT2D eigenvalue weighted by Gasteiger charge is -2.36. The highest BCUT2D eigenvalue weighted by Crippen LogP contribution is 2.32. The fraction of sp³-hybridized carbons (Fsp3) is 0.500. The fourth-order valence-corrected chi connectivity index (χ4v) is 1.92. The number of likely N-dealkylation sites (N-methyl/N-ethyl adjacent to an activating group) is 1. The summed E-state index contributed by atoms with van der Waals surface area (Å²) in [6, 6.07) is 6.11. The van der Waals surface area contributed by atoms with Gasteiger partial charge in [0.2, 0.25) is 0 Å². The molecule has 1 aliphatic heterocycles. The quantitative estimate of drug-likeness (QED) is 0.915. The van der Waals surface area contributed by atoms with Crippen molar-refractivity contribution >= 4 is 12.4 Å². The maximum absolute atomic E-state index is 12.8. The maximum Gasteiger partial charge on any atom is 0.416 e. The van der Waals surface area contributed by atoms with Crippen LogP contribution in [0.2, 0.25) is 0 Å². The van der Waals surface area contributed by atoms with Crippen LogP contribution in [-0.2, 0) is 12.7 Å². The molecule has 1 aromatic rings. The van der Waals surface area contributed by atoms with Crippen molar-refractivity contribution in [3.8, 4) is 0 Å². The van der Waals surface area contributed by atoms with E-state index in [1.165, 1.54) is 6.07 Å². The van der Waals surface area contributed by atoms with E-state index < -0.39 is 11.7 Å². The molecule has 1 saturated heterocycles. The van der Waals surface area contributed by atoms with Crippen LogP contribution in [0.5, 0.6) is 0 Å². The lowest BCUT2D eigenvalue weighted by Crippen LogP contribution is -2.55. The minimum atomic E-state index is -4.27. The van der Waals surface area contributed by atoms with Gasteiger partial charge in [-0.2, -0.15) is 13.2 Å². The summed E-state index contributed by atoms with van der Waals surface area (Å²) < 4.78 is 38.3. The van der Waals surface area contributed by atoms with Crippen LogP contribution in [-0.4, -0.2) is 31.1 Å². The first kappa shape index (κ1) is 15.3. The summed E-state index contributed by atoms with van der Waals surface area (Å²) in [5, 5.41) is 3.11. The van der Waals surface area contributed by atoms with Gasteiger partial charge in [0.05, 0.1) is 5.56 Å². The Hall–Kier alpha value is -0.780. The molecular weight excluding hydrogens is 265 g/mol. The third-order valence-corrected chi connectivity index (χ3v) is 3.13. The van der Waals surface area contributed by atoms with Crippen LogP contribution in [0.4, 0.5) is 13.2 Å². The van der Waals surface area contributed by atoms with Crippen molar-refractivity contribution in [1.29, 1.82) is 0 Å². The predicted molar refractivity (Wildman–Crippen MR) is 66.8 cm³/mol. The van der Waals surface area contributed by atoms with Crippen LogP contribution in [0.15, 0.2) is 24.3 Å². The van der Waals surface area contributed by atoms with Crippen molar-refractivity contribution in [1.82, 2.24) is 10.2 Å². The van der Waals surface area contributed by atoms with Crippen LogP contribution in [0.1, 0.15) is 11.1 Å². The van der Waals surface area contributed by atoms with Crippen LogP contribution >= 0.6 is 12.4 Å². The van der Waals surface area contributed by atoms with Gasteiger partial charge in [0.1, 0.15) is 0 Å². The normalized spacial score (nSPS) is 16.3. The zero-order chi connectivity index (χ0) is 12.5. The number of halogens is 4. The summed E-state index contributed by atoms with van der Waals surface area (Å²) in [5.41, 5.74) is -0.187. The van der Waals surface area contributed by atoms with Crippen molar-refractivity contribution in [3.63, 3.8) is 0 Å². The molecule has 1 aromatic carbocycles. The van der Waals surface area contributed by atoms with Crippen molar-refractivity contribution in [2.24, 2.45) is 0 Å². The monoisotopic (exact) mass is 280 g/mol. The van der Waals surface area contributed by atoms with E-state index in [-0.39, 0.29) is 12.4 Å². The van der Waals surface area contributed by atoms with Crippen LogP contribution in [0.3, 0.4) is 0 Å². The smallest absolute Gasteiger partial charge is 0.314 e. The highest BCUT2D eigenvalue weighted by atomic mass is 35.5. The molecule has 0 saturated carbocycles. The molecule has 0 atom stereocenters. The molecule has 1 aliphatic rings. The number of hydrogen-bond acceptors (Lipinski definition) is 2. The number of hydrogen-bond donors (Lipinski definition) is 1. The average Bonchev–Trinajstić information content (AvgIpc) is 2.13. The SMILES string of the molecule is CN(Cc1ccccc1C(F)(F)F)C1CNC1.Cl. The summed E-state index contributed by atoms with van der Waals surface area (Å²) in [7, 11) is 1.86. The minimum Gasteiger partial charge on any atom is -0.314 e. The number of alkyl halides is 3. The zero-order valence-electron chi connectivity index (χ0n) is 10.00. The molecule has 1 heterocycles. The molecule has 0 aliphatic carbocycles. The second-order valence-electron chi connectivity index (χ2n) is 4.38. The summed E-state index contributed by atoms with van der Waals surface area (Å²) in [6.07, 6.45) is -4.27. The van der Waals surface area contributed by atoms with E-state index in [0.29, 0.717) is 18.2 Å². The Labute approximate surface area is 111 Å². The highest BCUT2D eigenvalue weighted by Gasteiger charge is 2.33. The fourth-order valence-electron chi connectivity index (χ4n) is 1.92. The molecule has 102 valence electrons. The molecule has 1 N–H and O–H groups in total. The average molecular weight is 281 g/mol. The lowest BCUT2D eigenvalue weighted by atomic mass is 10.0. The van der Waals surface area contributed by atoms with Gasteiger partial charge in [-0.15, -0.1) is 12.4 Å². The van der Waals surface area contributed by atoms with E-state index in [9.17, 15) is 13.2 Å². The van der Waals surface area contributed by atoms with Crippen LogP contribution in [0, 0.1) is 0 Å². The molecule has 1 fully saturated rings. The molecule has 18 heavy (non-hydrogen) atoms. The molecule has 6 heteroatoms. The molecule has 2 rings (SSSR count). The molecule has 0 aromatic heterocycles. The first-order valence-corrected chi connectivity index (χ1v) is 5.54. The molecule has 0 amide bonds. The third kappa shape index (κ3) is 3.37. The van der Waals surface area contributed by atoms with Crippen molar-refractivity contribution in [2.45, 2.75) is 18.8 Å². The first-order chi connectivity index (χ1) is 7.98. The van der Waals surface area contributed by atoms with Crippen molar-refractivity contribution in [3.05, 3.63) is 35.4 Å². The Morgan fingerprint density at radius 1 is 1.28 bits per heavy atom. The Balaban J connectivity index is 0.00000162. The third-order valence-electron chi connectivity index (χ3n) is 3.13. The largest absolute Gasteiger partial charge is 0.416 e. The van der Waals surface area contributed by atoms with Gasteiger partial charge in [-0.25, -0.2) is 0 Å². The Kier molecular flexibility index (Phi) is 5.01. The summed E-state index contributed by atoms with van der Waals surface area (Å²) in [5.74, 6) is 0. The van der Waals surface area contributed by atoms with E-state index in [4.69, 9.17) is 0 Å². The van der Waals surface area contributed by atoms with Crippen LogP contribution in [0.25, 0.3) is 0 Å². The topological polar surface area (TPSA) is 15.3 Å². The van der Waals surface area contributed by atoms with E-state index in [1.54, 1.807) is 12.1 Å². The van der Waals surface area contributed by atoms with Gasteiger partial charge in [-0.3, -0.25) is 4.90 Å². The number of rotatable bonds is 3. The van der Waals surface area contributed by atoms with E-state index in [1.807, 2.05) is 11.9 Å². The first-order valence-electron chi connectivity index (χ1n) is 5.54. The maximum atomic E-state index is 12.8. The van der Waals surface area contributed by atoms with E-state index >= 15 is 0 Å². The Morgan fingerprint density at radius 3 is 2.39 bits per heavy atom. The van der Waals surface area contributed by atoms with E-state index in [0.717, 1.165) is 19.2 Å². The minimum absolute atomic E-state index is 0. The van der Waals surface area contributed by atoms with Gasteiger partial charge >= 0.3 is 6.18 Å². The van der Waals surface area contributed by atoms with Gasteiger partial charge in [0.15, 0.2) is 0 Å².